The van der Waals surface area contributed by atoms with Gasteiger partial charge in [0.05, 0.1) is 18.1 Å². The largest absolute Gasteiger partial charge is 0.490 e. The summed E-state index contributed by atoms with van der Waals surface area (Å²) < 4.78 is 10.2. The molecule has 9 nitrogen and oxygen atoms in total. The predicted octanol–water partition coefficient (Wildman–Crippen LogP) is 1.35. The van der Waals surface area contributed by atoms with Gasteiger partial charge in [0.25, 0.3) is 0 Å². The average molecular weight is 277 g/mol. The fourth-order valence-electron chi connectivity index (χ4n) is 1.51. The molecule has 0 aliphatic carbocycles. The van der Waals surface area contributed by atoms with Crippen molar-refractivity contribution in [2.45, 2.75) is 0 Å². The maximum atomic E-state index is 10.9. The Balaban J connectivity index is 2.34. The van der Waals surface area contributed by atoms with Crippen LogP contribution in [0.4, 0.5) is 17.5 Å². The molecule has 1 heterocycles. The number of rotatable bonds is 4. The first-order valence-electron chi connectivity index (χ1n) is 5.40. The number of methoxy groups -OCH3 is 1. The molecule has 9 heteroatoms. The molecule has 0 fully saturated rings. The van der Waals surface area contributed by atoms with Crippen LogP contribution in [-0.2, 0) is 0 Å². The van der Waals surface area contributed by atoms with Crippen molar-refractivity contribution in [1.82, 2.24) is 9.97 Å². The van der Waals surface area contributed by atoms with Gasteiger partial charge in [-0.15, -0.1) is 0 Å². The van der Waals surface area contributed by atoms with Crippen molar-refractivity contribution >= 4 is 17.5 Å². The van der Waals surface area contributed by atoms with Crippen LogP contribution < -0.4 is 20.9 Å². The fourth-order valence-corrected chi connectivity index (χ4v) is 1.51. The zero-order valence-corrected chi connectivity index (χ0v) is 10.4. The molecule has 0 aliphatic heterocycles. The molecular weight excluding hydrogens is 266 g/mol. The lowest BCUT2D eigenvalue weighted by molar-refractivity contribution is -0.385. The summed E-state index contributed by atoms with van der Waals surface area (Å²) in [6, 6.07) is 5.49. The highest BCUT2D eigenvalue weighted by atomic mass is 16.6. The van der Waals surface area contributed by atoms with Crippen LogP contribution in [0.25, 0.3) is 0 Å². The maximum absolute atomic E-state index is 10.9. The summed E-state index contributed by atoms with van der Waals surface area (Å²) >= 11 is 0. The zero-order valence-electron chi connectivity index (χ0n) is 10.4. The lowest BCUT2D eigenvalue weighted by Gasteiger charge is -2.07. The van der Waals surface area contributed by atoms with Gasteiger partial charge in [-0.1, -0.05) is 0 Å². The third kappa shape index (κ3) is 2.83. The van der Waals surface area contributed by atoms with Crippen molar-refractivity contribution < 1.29 is 14.4 Å². The molecule has 1 aromatic carbocycles. The second kappa shape index (κ2) is 5.26. The Morgan fingerprint density at radius 1 is 1.25 bits per heavy atom. The first kappa shape index (κ1) is 13.3. The van der Waals surface area contributed by atoms with Gasteiger partial charge < -0.3 is 20.9 Å². The number of ether oxygens (including phenoxy) is 2. The van der Waals surface area contributed by atoms with Gasteiger partial charge in [0.15, 0.2) is 5.75 Å². The minimum absolute atomic E-state index is 0.0528. The van der Waals surface area contributed by atoms with Crippen LogP contribution in [0.2, 0.25) is 0 Å². The van der Waals surface area contributed by atoms with Crippen molar-refractivity contribution in [1.29, 1.82) is 0 Å². The second-order valence-corrected chi connectivity index (χ2v) is 3.68. The SMILES string of the molecule is COc1ccc(Oc2cc(N)nc(N)n2)cc1[N+](=O)[O-]. The molecule has 0 spiro atoms. The van der Waals surface area contributed by atoms with Crippen molar-refractivity contribution in [3.63, 3.8) is 0 Å². The van der Waals surface area contributed by atoms with Crippen LogP contribution in [-0.4, -0.2) is 22.0 Å². The minimum Gasteiger partial charge on any atom is -0.490 e. The van der Waals surface area contributed by atoms with E-state index in [0.29, 0.717) is 0 Å². The molecule has 0 atom stereocenters. The summed E-state index contributed by atoms with van der Waals surface area (Å²) in [5.74, 6) is 0.507. The van der Waals surface area contributed by atoms with Gasteiger partial charge in [-0.2, -0.15) is 9.97 Å². The topological polar surface area (TPSA) is 139 Å². The van der Waals surface area contributed by atoms with Crippen LogP contribution in [0.3, 0.4) is 0 Å². The Morgan fingerprint density at radius 2 is 2.00 bits per heavy atom. The number of aromatic nitrogens is 2. The lowest BCUT2D eigenvalue weighted by Crippen LogP contribution is -2.01. The van der Waals surface area contributed by atoms with E-state index in [0.717, 1.165) is 0 Å². The monoisotopic (exact) mass is 277 g/mol. The molecule has 104 valence electrons. The van der Waals surface area contributed by atoms with E-state index in [1.165, 1.54) is 31.4 Å². The van der Waals surface area contributed by atoms with Crippen molar-refractivity contribution in [3.05, 3.63) is 34.4 Å². The van der Waals surface area contributed by atoms with E-state index in [2.05, 4.69) is 9.97 Å². The Labute approximate surface area is 113 Å². The van der Waals surface area contributed by atoms with E-state index >= 15 is 0 Å². The molecule has 1 aromatic heterocycles. The van der Waals surface area contributed by atoms with Crippen molar-refractivity contribution in [3.8, 4) is 17.4 Å². The van der Waals surface area contributed by atoms with Crippen LogP contribution in [0.5, 0.6) is 17.4 Å². The molecular formula is C11H11N5O4. The highest BCUT2D eigenvalue weighted by Gasteiger charge is 2.16. The van der Waals surface area contributed by atoms with Gasteiger partial charge >= 0.3 is 5.69 Å². The maximum Gasteiger partial charge on any atom is 0.314 e. The molecule has 0 radical (unpaired) electrons. The third-order valence-electron chi connectivity index (χ3n) is 2.31. The zero-order chi connectivity index (χ0) is 14.7. The standard InChI is InChI=1S/C11H11N5O4/c1-19-8-3-2-6(4-7(8)16(17)18)20-10-5-9(12)14-11(13)15-10/h2-5H,1H3,(H4,12,13,14,15). The molecule has 0 saturated carbocycles. The highest BCUT2D eigenvalue weighted by molar-refractivity contribution is 5.51. The van der Waals surface area contributed by atoms with Crippen molar-refractivity contribution in [2.75, 3.05) is 18.6 Å². The van der Waals surface area contributed by atoms with E-state index in [9.17, 15) is 10.1 Å². The van der Waals surface area contributed by atoms with E-state index in [-0.39, 0.29) is 34.8 Å². The normalized spacial score (nSPS) is 10.1. The van der Waals surface area contributed by atoms with Crippen LogP contribution in [0, 0.1) is 10.1 Å². The Kier molecular flexibility index (Phi) is 3.51. The Hall–Kier alpha value is -3.10. The van der Waals surface area contributed by atoms with Gasteiger partial charge in [-0.05, 0) is 12.1 Å². The molecule has 4 N–H and O–H groups in total. The summed E-state index contributed by atoms with van der Waals surface area (Å²) in [6.07, 6.45) is 0. The predicted molar refractivity (Wildman–Crippen MR) is 70.6 cm³/mol. The van der Waals surface area contributed by atoms with Gasteiger partial charge in [0, 0.05) is 6.07 Å². The summed E-state index contributed by atoms with van der Waals surface area (Å²) in [5, 5.41) is 10.9. The summed E-state index contributed by atoms with van der Waals surface area (Å²) in [7, 11) is 1.34. The van der Waals surface area contributed by atoms with Crippen LogP contribution in [0.1, 0.15) is 0 Å². The first-order valence-corrected chi connectivity index (χ1v) is 5.40. The Bertz CT molecular complexity index is 641. The van der Waals surface area contributed by atoms with Gasteiger partial charge in [-0.3, -0.25) is 10.1 Å². The molecule has 0 saturated heterocycles. The minimum atomic E-state index is -0.575. The third-order valence-corrected chi connectivity index (χ3v) is 2.31. The molecule has 0 unspecified atom stereocenters. The number of hydrogen-bond acceptors (Lipinski definition) is 8. The number of hydrogen-bond donors (Lipinski definition) is 2. The number of nitrogens with two attached hydrogens (primary N) is 2. The number of nitrogens with zero attached hydrogens (tertiary/aromatic N) is 3. The number of nitro groups is 1. The molecule has 0 amide bonds. The fraction of sp³-hybridized carbons (Fsp3) is 0.0909. The second-order valence-electron chi connectivity index (χ2n) is 3.68. The number of nitro benzene ring substituents is 1. The van der Waals surface area contributed by atoms with Crippen molar-refractivity contribution in [2.24, 2.45) is 0 Å². The first-order chi connectivity index (χ1) is 9.49. The summed E-state index contributed by atoms with van der Waals surface area (Å²) in [4.78, 5) is 17.8. The highest BCUT2D eigenvalue weighted by Crippen LogP contribution is 2.32. The summed E-state index contributed by atoms with van der Waals surface area (Å²) in [6.45, 7) is 0. The quantitative estimate of drug-likeness (QED) is 0.630. The smallest absolute Gasteiger partial charge is 0.314 e. The van der Waals surface area contributed by atoms with Crippen LogP contribution >= 0.6 is 0 Å². The Morgan fingerprint density at radius 3 is 2.60 bits per heavy atom. The average Bonchev–Trinajstić information content (AvgIpc) is 2.37. The molecule has 0 bridgehead atoms. The molecule has 20 heavy (non-hydrogen) atoms. The van der Waals surface area contributed by atoms with Crippen LogP contribution in [0.15, 0.2) is 24.3 Å². The van der Waals surface area contributed by atoms with Gasteiger partial charge in [0.1, 0.15) is 11.6 Å². The van der Waals surface area contributed by atoms with E-state index in [1.807, 2.05) is 0 Å². The molecule has 0 aliphatic rings. The number of anilines is 2. The lowest BCUT2D eigenvalue weighted by atomic mass is 10.3. The van der Waals surface area contributed by atoms with Gasteiger partial charge in [0.2, 0.25) is 11.8 Å². The number of benzene rings is 1. The van der Waals surface area contributed by atoms with Gasteiger partial charge in [-0.25, -0.2) is 0 Å². The molecule has 2 rings (SSSR count). The van der Waals surface area contributed by atoms with E-state index in [1.54, 1.807) is 0 Å². The van der Waals surface area contributed by atoms with E-state index < -0.39 is 4.92 Å². The van der Waals surface area contributed by atoms with E-state index in [4.69, 9.17) is 20.9 Å². The number of nitrogen functional groups attached to an aromatic ring is 2. The molecule has 2 aromatic rings. The summed E-state index contributed by atoms with van der Waals surface area (Å²) in [5.41, 5.74) is 10.7.